The number of rotatable bonds is 5. The van der Waals surface area contributed by atoms with E-state index in [4.69, 9.17) is 16.3 Å². The van der Waals surface area contributed by atoms with Crippen LogP contribution in [0.5, 0.6) is 5.75 Å². The van der Waals surface area contributed by atoms with Crippen LogP contribution in [0.3, 0.4) is 0 Å². The average molecular weight is 349 g/mol. The highest BCUT2D eigenvalue weighted by Crippen LogP contribution is 2.39. The molecule has 1 amide bonds. The maximum Gasteiger partial charge on any atom is 0.271 e. The molecule has 6 heteroatoms. The van der Waals surface area contributed by atoms with E-state index in [1.165, 1.54) is 4.90 Å². The van der Waals surface area contributed by atoms with Gasteiger partial charge >= 0.3 is 0 Å². The molecule has 0 aliphatic rings. The second kappa shape index (κ2) is 7.64. The lowest BCUT2D eigenvalue weighted by Crippen LogP contribution is -2.22. The van der Waals surface area contributed by atoms with Crippen LogP contribution in [0, 0.1) is 6.92 Å². The van der Waals surface area contributed by atoms with Crippen molar-refractivity contribution in [2.45, 2.75) is 13.3 Å². The van der Waals surface area contributed by atoms with Crippen molar-refractivity contribution in [2.75, 3.05) is 27.8 Å². The number of carbonyl (C=O) groups is 1. The highest BCUT2D eigenvalue weighted by molar-refractivity contribution is 6.32. The van der Waals surface area contributed by atoms with Gasteiger partial charge in [-0.3, -0.25) is 9.78 Å². The van der Waals surface area contributed by atoms with E-state index < -0.39 is 0 Å². The van der Waals surface area contributed by atoms with Crippen LogP contribution >= 0.6 is 11.6 Å². The lowest BCUT2D eigenvalue weighted by atomic mass is 9.96. The molecule has 1 heterocycles. The van der Waals surface area contributed by atoms with E-state index in [9.17, 15) is 9.90 Å². The molecule has 0 bridgehead atoms. The molecule has 0 aliphatic carbocycles. The Morgan fingerprint density at radius 2 is 2.08 bits per heavy atom. The number of pyridine rings is 1. The first-order valence-electron chi connectivity index (χ1n) is 7.55. The fourth-order valence-electron chi connectivity index (χ4n) is 2.56. The minimum Gasteiger partial charge on any atom is -0.496 e. The lowest BCUT2D eigenvalue weighted by Gasteiger charge is -2.18. The molecule has 0 spiro atoms. The summed E-state index contributed by atoms with van der Waals surface area (Å²) in [6, 6.07) is 5.32. The summed E-state index contributed by atoms with van der Waals surface area (Å²) in [5.74, 6) is 0.511. The van der Waals surface area contributed by atoms with Gasteiger partial charge in [-0.15, -0.1) is 0 Å². The van der Waals surface area contributed by atoms with Gasteiger partial charge < -0.3 is 14.7 Å². The molecule has 2 aromatic rings. The van der Waals surface area contributed by atoms with Crippen LogP contribution in [0.25, 0.3) is 11.1 Å². The van der Waals surface area contributed by atoms with Crippen molar-refractivity contribution in [2.24, 2.45) is 0 Å². The third-order valence-corrected chi connectivity index (χ3v) is 4.21. The molecule has 0 atom stereocenters. The van der Waals surface area contributed by atoms with Crippen LogP contribution in [0.15, 0.2) is 24.4 Å². The summed E-state index contributed by atoms with van der Waals surface area (Å²) in [5.41, 5.74) is 3.70. The Bertz CT molecular complexity index is 743. The summed E-state index contributed by atoms with van der Waals surface area (Å²) in [4.78, 5) is 17.7. The van der Waals surface area contributed by atoms with Crippen LogP contribution in [-0.4, -0.2) is 48.7 Å². The van der Waals surface area contributed by atoms with Gasteiger partial charge in [0.2, 0.25) is 0 Å². The average Bonchev–Trinajstić information content (AvgIpc) is 2.57. The van der Waals surface area contributed by atoms with Gasteiger partial charge in [0.1, 0.15) is 11.4 Å². The van der Waals surface area contributed by atoms with E-state index in [1.807, 2.05) is 19.1 Å². The van der Waals surface area contributed by atoms with Crippen molar-refractivity contribution >= 4 is 17.5 Å². The van der Waals surface area contributed by atoms with Crippen LogP contribution in [0.2, 0.25) is 5.02 Å². The largest absolute Gasteiger partial charge is 0.496 e. The molecule has 24 heavy (non-hydrogen) atoms. The number of aliphatic hydroxyl groups excluding tert-OH is 1. The molecule has 1 aromatic heterocycles. The van der Waals surface area contributed by atoms with Crippen molar-refractivity contribution < 1.29 is 14.6 Å². The van der Waals surface area contributed by atoms with Gasteiger partial charge in [0.05, 0.1) is 7.11 Å². The molecule has 2 rings (SSSR count). The number of methoxy groups -OCH3 is 1. The maximum atomic E-state index is 12.0. The van der Waals surface area contributed by atoms with Crippen LogP contribution in [0.1, 0.15) is 21.6 Å². The minimum absolute atomic E-state index is 0.00368. The number of carbonyl (C=O) groups excluding carboxylic acids is 1. The summed E-state index contributed by atoms with van der Waals surface area (Å²) in [6.45, 7) is 1.91. The number of benzene rings is 1. The number of halogens is 1. The van der Waals surface area contributed by atoms with Gasteiger partial charge in [-0.1, -0.05) is 17.7 Å². The number of hydrogen-bond donors (Lipinski definition) is 1. The lowest BCUT2D eigenvalue weighted by molar-refractivity contribution is 0.0822. The smallest absolute Gasteiger partial charge is 0.271 e. The number of amides is 1. The number of hydrogen-bond acceptors (Lipinski definition) is 4. The van der Waals surface area contributed by atoms with Crippen molar-refractivity contribution in [1.29, 1.82) is 0 Å². The summed E-state index contributed by atoms with van der Waals surface area (Å²) in [7, 11) is 4.96. The molecular weight excluding hydrogens is 328 g/mol. The van der Waals surface area contributed by atoms with Crippen molar-refractivity contribution in [1.82, 2.24) is 9.88 Å². The van der Waals surface area contributed by atoms with Crippen LogP contribution in [-0.2, 0) is 6.42 Å². The fourth-order valence-corrected chi connectivity index (χ4v) is 2.79. The second-order valence-electron chi connectivity index (χ2n) is 5.66. The Hall–Kier alpha value is -2.11. The standard InChI is InChI=1S/C18H21ClN2O3/c1-11-14(19)9-12(7-8-22)17(24-4)16(11)13-5-6-15(20-10-13)18(23)21(2)3/h5-6,9-10,22H,7-8H2,1-4H3. The zero-order valence-corrected chi connectivity index (χ0v) is 15.0. The zero-order valence-electron chi connectivity index (χ0n) is 14.3. The Kier molecular flexibility index (Phi) is 5.80. The van der Waals surface area contributed by atoms with E-state index in [-0.39, 0.29) is 12.5 Å². The third-order valence-electron chi connectivity index (χ3n) is 3.82. The molecular formula is C18H21ClN2O3. The molecule has 0 unspecified atom stereocenters. The van der Waals surface area contributed by atoms with Crippen molar-refractivity contribution in [3.8, 4) is 16.9 Å². The van der Waals surface area contributed by atoms with Gasteiger partial charge in [0.15, 0.2) is 0 Å². The predicted molar refractivity (Wildman–Crippen MR) is 94.8 cm³/mol. The number of aromatic nitrogens is 1. The number of nitrogens with zero attached hydrogens (tertiary/aromatic N) is 2. The van der Waals surface area contributed by atoms with Gasteiger partial charge in [-0.05, 0) is 36.6 Å². The van der Waals surface area contributed by atoms with Gasteiger partial charge in [0.25, 0.3) is 5.91 Å². The third kappa shape index (κ3) is 3.52. The molecule has 1 aromatic carbocycles. The predicted octanol–water partition coefficient (Wildman–Crippen LogP) is 2.96. The number of ether oxygens (including phenoxy) is 1. The summed E-state index contributed by atoms with van der Waals surface area (Å²) >= 11 is 6.34. The Balaban J connectivity index is 2.57. The first kappa shape index (κ1) is 18.2. The topological polar surface area (TPSA) is 62.7 Å². The molecule has 0 aliphatic heterocycles. The summed E-state index contributed by atoms with van der Waals surface area (Å²) in [5, 5.41) is 9.86. The van der Waals surface area contributed by atoms with E-state index in [0.29, 0.717) is 22.9 Å². The molecule has 128 valence electrons. The second-order valence-corrected chi connectivity index (χ2v) is 6.06. The van der Waals surface area contributed by atoms with Gasteiger partial charge in [-0.25, -0.2) is 0 Å². The molecule has 0 fully saturated rings. The first-order valence-corrected chi connectivity index (χ1v) is 7.93. The summed E-state index contributed by atoms with van der Waals surface area (Å²) < 4.78 is 5.56. The van der Waals surface area contributed by atoms with E-state index in [1.54, 1.807) is 33.5 Å². The highest BCUT2D eigenvalue weighted by atomic mass is 35.5. The maximum absolute atomic E-state index is 12.0. The zero-order chi connectivity index (χ0) is 17.9. The van der Waals surface area contributed by atoms with Crippen LogP contribution < -0.4 is 4.74 Å². The molecule has 1 N–H and O–H groups in total. The Morgan fingerprint density at radius 3 is 2.58 bits per heavy atom. The quantitative estimate of drug-likeness (QED) is 0.902. The van der Waals surface area contributed by atoms with Crippen LogP contribution in [0.4, 0.5) is 0 Å². The van der Waals surface area contributed by atoms with Crippen molar-refractivity contribution in [3.05, 3.63) is 46.2 Å². The normalized spacial score (nSPS) is 10.6. The fraction of sp³-hybridized carbons (Fsp3) is 0.333. The number of aliphatic hydroxyl groups is 1. The molecule has 0 radical (unpaired) electrons. The Morgan fingerprint density at radius 1 is 1.38 bits per heavy atom. The monoisotopic (exact) mass is 348 g/mol. The van der Waals surface area contributed by atoms with Gasteiger partial charge in [0, 0.05) is 43.0 Å². The van der Waals surface area contributed by atoms with Gasteiger partial charge in [-0.2, -0.15) is 0 Å². The van der Waals surface area contributed by atoms with E-state index in [2.05, 4.69) is 4.98 Å². The SMILES string of the molecule is COc1c(CCO)cc(Cl)c(C)c1-c1ccc(C(=O)N(C)C)nc1. The summed E-state index contributed by atoms with van der Waals surface area (Å²) in [6.07, 6.45) is 2.08. The minimum atomic E-state index is -0.155. The Labute approximate surface area is 146 Å². The molecule has 0 saturated heterocycles. The van der Waals surface area contributed by atoms with E-state index in [0.717, 1.165) is 22.3 Å². The molecule has 5 nitrogen and oxygen atoms in total. The highest BCUT2D eigenvalue weighted by Gasteiger charge is 2.18. The first-order chi connectivity index (χ1) is 11.4. The van der Waals surface area contributed by atoms with E-state index >= 15 is 0 Å². The van der Waals surface area contributed by atoms with Crippen molar-refractivity contribution in [3.63, 3.8) is 0 Å². The molecule has 0 saturated carbocycles.